The normalized spacial score (nSPS) is 12.3. The Morgan fingerprint density at radius 3 is 2.55 bits per heavy atom. The molecule has 1 aromatic heterocycles. The molecule has 0 spiro atoms. The van der Waals surface area contributed by atoms with Crippen LogP contribution < -0.4 is 10.1 Å². The van der Waals surface area contributed by atoms with Crippen LogP contribution in [0.15, 0.2) is 29.6 Å². The molecule has 0 saturated heterocycles. The fraction of sp³-hybridized carbons (Fsp3) is 0.389. The van der Waals surface area contributed by atoms with Gasteiger partial charge in [0.1, 0.15) is 17.1 Å². The van der Waals surface area contributed by atoms with Crippen molar-refractivity contribution in [2.45, 2.75) is 31.7 Å². The molecule has 2 aromatic rings. The van der Waals surface area contributed by atoms with Crippen LogP contribution in [0.1, 0.15) is 35.3 Å². The monoisotopic (exact) mass is 431 g/mol. The van der Waals surface area contributed by atoms with Crippen molar-refractivity contribution in [3.63, 3.8) is 0 Å². The lowest BCUT2D eigenvalue weighted by Gasteiger charge is -2.15. The Bertz CT molecular complexity index is 906. The molecule has 0 radical (unpaired) electrons. The molecule has 1 N–H and O–H groups in total. The molecular weight excluding hydrogens is 411 g/mol. The van der Waals surface area contributed by atoms with Crippen LogP contribution in [0.5, 0.6) is 5.75 Å². The van der Waals surface area contributed by atoms with Gasteiger partial charge in [-0.1, -0.05) is 6.07 Å². The van der Waals surface area contributed by atoms with E-state index in [4.69, 9.17) is 9.47 Å². The maximum Gasteiger partial charge on any atom is 0.419 e. The summed E-state index contributed by atoms with van der Waals surface area (Å²) in [5.41, 5.74) is -0.626. The Hall–Kier alpha value is -2.69. The molecule has 0 bridgehead atoms. The van der Waals surface area contributed by atoms with Crippen LogP contribution in [0.2, 0.25) is 0 Å². The highest BCUT2D eigenvalue weighted by atomic mass is 32.2. The van der Waals surface area contributed by atoms with Gasteiger partial charge in [0.15, 0.2) is 0 Å². The number of nitrogens with zero attached hydrogens (tertiary/aromatic N) is 2. The molecule has 1 heterocycles. The van der Waals surface area contributed by atoms with Gasteiger partial charge in [-0.15, -0.1) is 0 Å². The van der Waals surface area contributed by atoms with Gasteiger partial charge in [0.2, 0.25) is 5.16 Å². The third-order valence-corrected chi connectivity index (χ3v) is 4.34. The van der Waals surface area contributed by atoms with E-state index in [9.17, 15) is 22.2 Å². The van der Waals surface area contributed by atoms with E-state index in [0.717, 1.165) is 6.07 Å². The minimum absolute atomic E-state index is 0.0111. The van der Waals surface area contributed by atoms with E-state index >= 15 is 0 Å². The van der Waals surface area contributed by atoms with Crippen LogP contribution in [0.4, 0.5) is 19.0 Å². The van der Waals surface area contributed by atoms with E-state index in [2.05, 4.69) is 15.3 Å². The van der Waals surface area contributed by atoms with Crippen molar-refractivity contribution in [2.24, 2.45) is 0 Å². The molecule has 1 atom stereocenters. The molecule has 0 saturated carbocycles. The summed E-state index contributed by atoms with van der Waals surface area (Å²) in [5.74, 6) is -0.945. The van der Waals surface area contributed by atoms with Crippen LogP contribution in [0, 0.1) is 0 Å². The molecule has 0 amide bonds. The number of hydrogen-bond acceptors (Lipinski definition) is 7. The zero-order valence-electron chi connectivity index (χ0n) is 16.0. The molecular formula is C18H20F3N3O4S. The van der Waals surface area contributed by atoms with Crippen LogP contribution in [-0.2, 0) is 28.3 Å². The van der Waals surface area contributed by atoms with Crippen molar-refractivity contribution in [2.75, 3.05) is 24.8 Å². The average Bonchev–Trinajstić information content (AvgIpc) is 2.66. The predicted molar refractivity (Wildman–Crippen MR) is 100 cm³/mol. The number of nitrogens with one attached hydrogen (secondary N) is 1. The van der Waals surface area contributed by atoms with Crippen LogP contribution >= 0.6 is 0 Å². The summed E-state index contributed by atoms with van der Waals surface area (Å²) in [6, 6.07) is 3.67. The summed E-state index contributed by atoms with van der Waals surface area (Å²) in [7, 11) is -1.51. The number of esters is 1. The van der Waals surface area contributed by atoms with Gasteiger partial charge in [-0.2, -0.15) is 13.2 Å². The van der Waals surface area contributed by atoms with Crippen molar-refractivity contribution >= 4 is 22.6 Å². The van der Waals surface area contributed by atoms with Gasteiger partial charge in [0.05, 0.1) is 29.6 Å². The third kappa shape index (κ3) is 5.89. The number of carbonyl (C=O) groups excluding carboxylic acids is 1. The minimum Gasteiger partial charge on any atom is -0.493 e. The zero-order valence-corrected chi connectivity index (χ0v) is 16.8. The number of ether oxygens (including phenoxy) is 2. The lowest BCUT2D eigenvalue weighted by atomic mass is 10.1. The topological polar surface area (TPSA) is 90.4 Å². The molecule has 158 valence electrons. The van der Waals surface area contributed by atoms with Crippen molar-refractivity contribution in [1.82, 2.24) is 9.97 Å². The Morgan fingerprint density at radius 1 is 1.24 bits per heavy atom. The summed E-state index contributed by atoms with van der Waals surface area (Å²) in [6.07, 6.45) is -2.05. The Morgan fingerprint density at radius 2 is 1.97 bits per heavy atom. The zero-order chi connectivity index (χ0) is 21.6. The van der Waals surface area contributed by atoms with Crippen LogP contribution in [-0.4, -0.2) is 39.6 Å². The molecule has 0 fully saturated rings. The molecule has 0 aliphatic heterocycles. The second-order valence-electron chi connectivity index (χ2n) is 5.70. The highest BCUT2D eigenvalue weighted by Crippen LogP contribution is 2.37. The average molecular weight is 431 g/mol. The number of alkyl halides is 3. The number of carbonyl (C=O) groups is 1. The highest BCUT2D eigenvalue weighted by Gasteiger charge is 2.34. The molecule has 11 heteroatoms. The number of aromatic nitrogens is 2. The van der Waals surface area contributed by atoms with Crippen molar-refractivity contribution in [1.29, 1.82) is 0 Å². The van der Waals surface area contributed by atoms with Gasteiger partial charge in [-0.25, -0.2) is 14.8 Å². The summed E-state index contributed by atoms with van der Waals surface area (Å²) in [4.78, 5) is 20.0. The lowest BCUT2D eigenvalue weighted by molar-refractivity contribution is -0.139. The van der Waals surface area contributed by atoms with Gasteiger partial charge in [0, 0.05) is 19.0 Å². The maximum absolute atomic E-state index is 13.3. The van der Waals surface area contributed by atoms with E-state index < -0.39 is 28.5 Å². The predicted octanol–water partition coefficient (Wildman–Crippen LogP) is 3.42. The van der Waals surface area contributed by atoms with Crippen molar-refractivity contribution in [3.8, 4) is 5.75 Å². The van der Waals surface area contributed by atoms with Gasteiger partial charge in [-0.05, 0) is 31.5 Å². The third-order valence-electron chi connectivity index (χ3n) is 3.63. The SMILES string of the molecule is CCOC(=O)c1cnc(S(C)=O)nc1NCc1ccc(OCC)c(C(F)(F)F)c1. The second kappa shape index (κ2) is 9.68. The first-order valence-electron chi connectivity index (χ1n) is 8.61. The van der Waals surface area contributed by atoms with Crippen molar-refractivity contribution < 1.29 is 31.6 Å². The van der Waals surface area contributed by atoms with Gasteiger partial charge < -0.3 is 14.8 Å². The first-order valence-corrected chi connectivity index (χ1v) is 10.2. The first-order chi connectivity index (χ1) is 13.7. The summed E-state index contributed by atoms with van der Waals surface area (Å²) < 4.78 is 61.5. The van der Waals surface area contributed by atoms with Gasteiger partial charge in [-0.3, -0.25) is 4.21 Å². The fourth-order valence-electron chi connectivity index (χ4n) is 2.37. The molecule has 0 aliphatic carbocycles. The lowest BCUT2D eigenvalue weighted by Crippen LogP contribution is -2.14. The maximum atomic E-state index is 13.3. The quantitative estimate of drug-likeness (QED) is 0.506. The fourth-order valence-corrected chi connectivity index (χ4v) is 2.79. The molecule has 1 aromatic carbocycles. The largest absolute Gasteiger partial charge is 0.493 e. The molecule has 2 rings (SSSR count). The van der Waals surface area contributed by atoms with E-state index in [1.165, 1.54) is 24.6 Å². The first kappa shape index (κ1) is 22.6. The number of benzene rings is 1. The Balaban J connectivity index is 2.33. The van der Waals surface area contributed by atoms with E-state index in [1.54, 1.807) is 13.8 Å². The summed E-state index contributed by atoms with van der Waals surface area (Å²) in [6.45, 7) is 3.36. The standard InChI is InChI=1S/C18H20F3N3O4S/c1-4-27-14-7-6-11(8-13(14)18(19,20)21)9-22-15-12(16(25)28-5-2)10-23-17(24-15)29(3)26/h6-8,10H,4-5,9H2,1-3H3,(H,22,23,24). The molecule has 7 nitrogen and oxygen atoms in total. The smallest absolute Gasteiger partial charge is 0.419 e. The van der Waals surface area contributed by atoms with E-state index in [0.29, 0.717) is 0 Å². The number of halogens is 3. The van der Waals surface area contributed by atoms with E-state index in [-0.39, 0.29) is 47.6 Å². The number of rotatable bonds is 8. The molecule has 0 aliphatic rings. The molecule has 1 unspecified atom stereocenters. The van der Waals surface area contributed by atoms with E-state index in [1.807, 2.05) is 0 Å². The molecule has 29 heavy (non-hydrogen) atoms. The number of anilines is 1. The van der Waals surface area contributed by atoms with Crippen molar-refractivity contribution in [3.05, 3.63) is 41.1 Å². The summed E-state index contributed by atoms with van der Waals surface area (Å²) in [5, 5.41) is 2.77. The van der Waals surface area contributed by atoms with Crippen LogP contribution in [0.3, 0.4) is 0 Å². The van der Waals surface area contributed by atoms with Crippen LogP contribution in [0.25, 0.3) is 0 Å². The highest BCUT2D eigenvalue weighted by molar-refractivity contribution is 7.84. The van der Waals surface area contributed by atoms with Gasteiger partial charge >= 0.3 is 12.1 Å². The Kier molecular flexibility index (Phi) is 7.54. The summed E-state index contributed by atoms with van der Waals surface area (Å²) >= 11 is 0. The number of hydrogen-bond donors (Lipinski definition) is 1. The minimum atomic E-state index is -4.59. The Labute approximate surface area is 168 Å². The van der Waals surface area contributed by atoms with Gasteiger partial charge in [0.25, 0.3) is 0 Å². The second-order valence-corrected chi connectivity index (χ2v) is 6.98.